The molecule has 0 radical (unpaired) electrons. The van der Waals surface area contributed by atoms with E-state index in [1.54, 1.807) is 6.07 Å². The van der Waals surface area contributed by atoms with Crippen LogP contribution in [0.5, 0.6) is 5.75 Å². The molecule has 1 heterocycles. The summed E-state index contributed by atoms with van der Waals surface area (Å²) in [6.45, 7) is 6.04. The minimum Gasteiger partial charge on any atom is -0.490 e. The van der Waals surface area contributed by atoms with Gasteiger partial charge in [-0.3, -0.25) is 0 Å². The van der Waals surface area contributed by atoms with E-state index in [-0.39, 0.29) is 11.8 Å². The standard InChI is InChI=1S/C11H15NO3/c1-7(2)8(3)15-9-4-5-12-10(6-9)11(13)14/h4-8H,1-3H3,(H,13,14)/t8-/m1/s1. The van der Waals surface area contributed by atoms with E-state index in [1.807, 2.05) is 20.8 Å². The van der Waals surface area contributed by atoms with Crippen molar-refractivity contribution in [2.45, 2.75) is 26.9 Å². The molecule has 0 aliphatic carbocycles. The highest BCUT2D eigenvalue weighted by molar-refractivity contribution is 5.85. The summed E-state index contributed by atoms with van der Waals surface area (Å²) in [7, 11) is 0. The molecule has 1 rings (SSSR count). The molecule has 0 amide bonds. The molecule has 82 valence electrons. The Morgan fingerprint density at radius 1 is 1.47 bits per heavy atom. The van der Waals surface area contributed by atoms with Gasteiger partial charge in [0.15, 0.2) is 5.69 Å². The van der Waals surface area contributed by atoms with Crippen molar-refractivity contribution < 1.29 is 14.6 Å². The summed E-state index contributed by atoms with van der Waals surface area (Å²) in [5.74, 6) is -0.118. The van der Waals surface area contributed by atoms with E-state index in [2.05, 4.69) is 4.98 Å². The van der Waals surface area contributed by atoms with Crippen molar-refractivity contribution >= 4 is 5.97 Å². The molecule has 1 N–H and O–H groups in total. The number of ether oxygens (including phenoxy) is 1. The zero-order valence-corrected chi connectivity index (χ0v) is 9.10. The normalized spacial score (nSPS) is 12.5. The van der Waals surface area contributed by atoms with Crippen LogP contribution in [0.15, 0.2) is 18.3 Å². The van der Waals surface area contributed by atoms with Gasteiger partial charge in [0.1, 0.15) is 5.75 Å². The Morgan fingerprint density at radius 3 is 2.67 bits per heavy atom. The van der Waals surface area contributed by atoms with Crippen molar-refractivity contribution in [3.63, 3.8) is 0 Å². The van der Waals surface area contributed by atoms with E-state index in [9.17, 15) is 4.79 Å². The van der Waals surface area contributed by atoms with E-state index >= 15 is 0 Å². The number of rotatable bonds is 4. The van der Waals surface area contributed by atoms with E-state index in [4.69, 9.17) is 9.84 Å². The molecule has 0 saturated carbocycles. The van der Waals surface area contributed by atoms with Crippen molar-refractivity contribution in [2.24, 2.45) is 5.92 Å². The second-order valence-electron chi connectivity index (χ2n) is 3.75. The van der Waals surface area contributed by atoms with Crippen LogP contribution < -0.4 is 4.74 Å². The molecule has 0 bridgehead atoms. The number of hydrogen-bond donors (Lipinski definition) is 1. The van der Waals surface area contributed by atoms with Gasteiger partial charge in [-0.15, -0.1) is 0 Å². The van der Waals surface area contributed by atoms with Crippen molar-refractivity contribution in [1.82, 2.24) is 4.98 Å². The highest BCUT2D eigenvalue weighted by Gasteiger charge is 2.10. The predicted octanol–water partition coefficient (Wildman–Crippen LogP) is 2.20. The van der Waals surface area contributed by atoms with Crippen molar-refractivity contribution in [3.8, 4) is 5.75 Å². The van der Waals surface area contributed by atoms with Crippen LogP contribution in [0.2, 0.25) is 0 Å². The SMILES string of the molecule is CC(C)[C@@H](C)Oc1ccnc(C(=O)O)c1. The van der Waals surface area contributed by atoms with Crippen LogP contribution in [0.4, 0.5) is 0 Å². The Bertz CT molecular complexity index is 349. The molecule has 0 aliphatic rings. The Morgan fingerprint density at radius 2 is 2.13 bits per heavy atom. The number of hydrogen-bond acceptors (Lipinski definition) is 3. The summed E-state index contributed by atoms with van der Waals surface area (Å²) >= 11 is 0. The van der Waals surface area contributed by atoms with Crippen LogP contribution in [-0.2, 0) is 0 Å². The largest absolute Gasteiger partial charge is 0.490 e. The Kier molecular flexibility index (Phi) is 3.66. The highest BCUT2D eigenvalue weighted by atomic mass is 16.5. The van der Waals surface area contributed by atoms with Crippen LogP contribution in [0.3, 0.4) is 0 Å². The van der Waals surface area contributed by atoms with Gasteiger partial charge in [-0.25, -0.2) is 9.78 Å². The van der Waals surface area contributed by atoms with Crippen LogP contribution in [0, 0.1) is 5.92 Å². The summed E-state index contributed by atoms with van der Waals surface area (Å²) in [4.78, 5) is 14.4. The Balaban J connectivity index is 2.78. The molecule has 4 nitrogen and oxygen atoms in total. The smallest absolute Gasteiger partial charge is 0.354 e. The maximum absolute atomic E-state index is 10.7. The quantitative estimate of drug-likeness (QED) is 0.825. The van der Waals surface area contributed by atoms with Crippen LogP contribution in [-0.4, -0.2) is 22.2 Å². The molecule has 1 aromatic rings. The highest BCUT2D eigenvalue weighted by Crippen LogP contribution is 2.15. The topological polar surface area (TPSA) is 59.4 Å². The monoisotopic (exact) mass is 209 g/mol. The third-order valence-corrected chi connectivity index (χ3v) is 2.21. The average Bonchev–Trinajstić information content (AvgIpc) is 2.18. The van der Waals surface area contributed by atoms with Gasteiger partial charge in [0.2, 0.25) is 0 Å². The summed E-state index contributed by atoms with van der Waals surface area (Å²) < 4.78 is 5.56. The minimum atomic E-state index is -1.04. The maximum Gasteiger partial charge on any atom is 0.354 e. The molecule has 0 unspecified atom stereocenters. The van der Waals surface area contributed by atoms with Crippen LogP contribution >= 0.6 is 0 Å². The third-order valence-electron chi connectivity index (χ3n) is 2.21. The van der Waals surface area contributed by atoms with Gasteiger partial charge in [-0.05, 0) is 18.9 Å². The molecular formula is C11H15NO3. The zero-order chi connectivity index (χ0) is 11.4. The number of carboxylic acid groups (broad SMARTS) is 1. The van der Waals surface area contributed by atoms with E-state index in [1.165, 1.54) is 12.3 Å². The molecule has 15 heavy (non-hydrogen) atoms. The van der Waals surface area contributed by atoms with Crippen molar-refractivity contribution in [1.29, 1.82) is 0 Å². The van der Waals surface area contributed by atoms with Crippen molar-refractivity contribution in [3.05, 3.63) is 24.0 Å². The zero-order valence-electron chi connectivity index (χ0n) is 9.10. The lowest BCUT2D eigenvalue weighted by Gasteiger charge is -2.17. The van der Waals surface area contributed by atoms with Crippen LogP contribution in [0.25, 0.3) is 0 Å². The number of carbonyl (C=O) groups is 1. The van der Waals surface area contributed by atoms with Gasteiger partial charge in [0.05, 0.1) is 6.10 Å². The summed E-state index contributed by atoms with van der Waals surface area (Å²) in [6.07, 6.45) is 1.49. The first kappa shape index (κ1) is 11.5. The number of nitrogens with zero attached hydrogens (tertiary/aromatic N) is 1. The second kappa shape index (κ2) is 4.77. The Labute approximate surface area is 88.9 Å². The van der Waals surface area contributed by atoms with Gasteiger partial charge in [-0.1, -0.05) is 13.8 Å². The summed E-state index contributed by atoms with van der Waals surface area (Å²) in [6, 6.07) is 3.09. The van der Waals surface area contributed by atoms with Gasteiger partial charge < -0.3 is 9.84 Å². The fourth-order valence-corrected chi connectivity index (χ4v) is 0.952. The number of carboxylic acids is 1. The predicted molar refractivity (Wildman–Crippen MR) is 56.1 cm³/mol. The van der Waals surface area contributed by atoms with Gasteiger partial charge in [0, 0.05) is 12.3 Å². The van der Waals surface area contributed by atoms with Gasteiger partial charge in [-0.2, -0.15) is 0 Å². The first-order valence-electron chi connectivity index (χ1n) is 4.86. The summed E-state index contributed by atoms with van der Waals surface area (Å²) in [5.41, 5.74) is 0.00320. The van der Waals surface area contributed by atoms with Gasteiger partial charge in [0.25, 0.3) is 0 Å². The fraction of sp³-hybridized carbons (Fsp3) is 0.455. The van der Waals surface area contributed by atoms with Crippen molar-refractivity contribution in [2.75, 3.05) is 0 Å². The van der Waals surface area contributed by atoms with E-state index in [0.717, 1.165) is 0 Å². The molecule has 0 aromatic carbocycles. The molecule has 0 aliphatic heterocycles. The number of aromatic nitrogens is 1. The second-order valence-corrected chi connectivity index (χ2v) is 3.75. The lowest BCUT2D eigenvalue weighted by molar-refractivity contribution is 0.0689. The molecule has 1 atom stereocenters. The third kappa shape index (κ3) is 3.23. The average molecular weight is 209 g/mol. The number of pyridine rings is 1. The van der Waals surface area contributed by atoms with Gasteiger partial charge >= 0.3 is 5.97 Å². The molecule has 1 aromatic heterocycles. The van der Waals surface area contributed by atoms with Crippen LogP contribution in [0.1, 0.15) is 31.3 Å². The fourth-order valence-electron chi connectivity index (χ4n) is 0.952. The first-order valence-corrected chi connectivity index (χ1v) is 4.86. The lowest BCUT2D eigenvalue weighted by Crippen LogP contribution is -2.18. The minimum absolute atomic E-state index is 0.00320. The molecule has 0 fully saturated rings. The molecule has 4 heteroatoms. The number of aromatic carboxylic acids is 1. The van der Waals surface area contributed by atoms with E-state index in [0.29, 0.717) is 11.7 Å². The lowest BCUT2D eigenvalue weighted by atomic mass is 10.1. The van der Waals surface area contributed by atoms with E-state index < -0.39 is 5.97 Å². The maximum atomic E-state index is 10.7. The Hall–Kier alpha value is -1.58. The first-order chi connectivity index (χ1) is 7.00. The molecular weight excluding hydrogens is 194 g/mol. The summed E-state index contributed by atoms with van der Waals surface area (Å²) in [5, 5.41) is 8.73. The molecule has 0 spiro atoms. The molecule has 0 saturated heterocycles.